The van der Waals surface area contributed by atoms with E-state index in [1.54, 1.807) is 0 Å². The number of carbonyl (C=O) groups excluding carboxylic acids is 1. The molecule has 2 rings (SSSR count). The highest BCUT2D eigenvalue weighted by Gasteiger charge is 2.44. The predicted octanol–water partition coefficient (Wildman–Crippen LogP) is 3.19. The van der Waals surface area contributed by atoms with Crippen molar-refractivity contribution < 1.29 is 4.79 Å². The van der Waals surface area contributed by atoms with Crippen LogP contribution in [0.4, 0.5) is 0 Å². The van der Waals surface area contributed by atoms with Crippen LogP contribution in [0.15, 0.2) is 28.7 Å². The molecule has 1 amide bonds. The maximum Gasteiger partial charge on any atom is 0.240 e. The minimum Gasteiger partial charge on any atom is -0.352 e. The van der Waals surface area contributed by atoms with Crippen LogP contribution in [0, 0.1) is 16.7 Å². The molecule has 100 valence electrons. The molecular weight excluding hydrogens is 304 g/mol. The van der Waals surface area contributed by atoms with Gasteiger partial charge in [-0.15, -0.1) is 0 Å². The fraction of sp³-hybridized carbons (Fsp3) is 0.467. The number of halogens is 1. The van der Waals surface area contributed by atoms with E-state index in [-0.39, 0.29) is 11.9 Å². The van der Waals surface area contributed by atoms with Gasteiger partial charge in [0.25, 0.3) is 0 Å². The molecule has 1 atom stereocenters. The molecule has 0 heterocycles. The lowest BCUT2D eigenvalue weighted by atomic mass is 9.69. The van der Waals surface area contributed by atoms with Crippen molar-refractivity contribution in [2.45, 2.75) is 38.6 Å². The Balaban J connectivity index is 1.95. The second kappa shape index (κ2) is 5.75. The summed E-state index contributed by atoms with van der Waals surface area (Å²) in [6.45, 7) is 1.97. The monoisotopic (exact) mass is 320 g/mol. The van der Waals surface area contributed by atoms with Crippen molar-refractivity contribution in [3.8, 4) is 6.07 Å². The summed E-state index contributed by atoms with van der Waals surface area (Å²) in [5.74, 6) is -0.110. The second-order valence-corrected chi connectivity index (χ2v) is 6.07. The smallest absolute Gasteiger partial charge is 0.240 e. The summed E-state index contributed by atoms with van der Waals surface area (Å²) < 4.78 is 1.05. The van der Waals surface area contributed by atoms with Crippen LogP contribution < -0.4 is 5.32 Å². The van der Waals surface area contributed by atoms with E-state index in [2.05, 4.69) is 27.3 Å². The largest absolute Gasteiger partial charge is 0.352 e. The van der Waals surface area contributed by atoms with Crippen molar-refractivity contribution in [3.05, 3.63) is 34.3 Å². The summed E-state index contributed by atoms with van der Waals surface area (Å²) in [6, 6.07) is 10.2. The van der Waals surface area contributed by atoms with Gasteiger partial charge < -0.3 is 5.32 Å². The zero-order valence-electron chi connectivity index (χ0n) is 10.9. The fourth-order valence-electron chi connectivity index (χ4n) is 2.33. The van der Waals surface area contributed by atoms with Crippen LogP contribution in [0.5, 0.6) is 0 Å². The van der Waals surface area contributed by atoms with Gasteiger partial charge in [0.1, 0.15) is 5.41 Å². The molecule has 19 heavy (non-hydrogen) atoms. The van der Waals surface area contributed by atoms with Gasteiger partial charge in [-0.1, -0.05) is 34.1 Å². The molecule has 0 radical (unpaired) electrons. The topological polar surface area (TPSA) is 52.9 Å². The van der Waals surface area contributed by atoms with E-state index in [9.17, 15) is 4.79 Å². The third-order valence-electron chi connectivity index (χ3n) is 3.72. The van der Waals surface area contributed by atoms with Crippen LogP contribution in [0.1, 0.15) is 31.7 Å². The molecule has 0 saturated heterocycles. The molecule has 1 aliphatic carbocycles. The van der Waals surface area contributed by atoms with E-state index in [4.69, 9.17) is 5.26 Å². The summed E-state index contributed by atoms with van der Waals surface area (Å²) >= 11 is 3.50. The maximum absolute atomic E-state index is 12.1. The van der Waals surface area contributed by atoms with Crippen LogP contribution >= 0.6 is 15.9 Å². The van der Waals surface area contributed by atoms with Crippen molar-refractivity contribution in [1.82, 2.24) is 5.32 Å². The predicted molar refractivity (Wildman–Crippen MR) is 77.3 cm³/mol. The van der Waals surface area contributed by atoms with Crippen LogP contribution in [0.3, 0.4) is 0 Å². The first-order valence-corrected chi connectivity index (χ1v) is 7.32. The molecule has 0 aliphatic heterocycles. The van der Waals surface area contributed by atoms with E-state index in [1.165, 1.54) is 0 Å². The summed E-state index contributed by atoms with van der Waals surface area (Å²) in [6.07, 6.45) is 3.11. The minimum atomic E-state index is -0.762. The number of amides is 1. The third-order valence-corrected chi connectivity index (χ3v) is 4.49. The maximum atomic E-state index is 12.1. The van der Waals surface area contributed by atoms with E-state index in [0.717, 1.165) is 22.9 Å². The van der Waals surface area contributed by atoms with Crippen molar-refractivity contribution in [2.24, 2.45) is 5.41 Å². The normalized spacial score (nSPS) is 17.9. The molecule has 1 aliphatic rings. The average Bonchev–Trinajstić information content (AvgIpc) is 2.31. The van der Waals surface area contributed by atoms with E-state index in [1.807, 2.05) is 31.2 Å². The Morgan fingerprint density at radius 1 is 1.53 bits per heavy atom. The van der Waals surface area contributed by atoms with Crippen molar-refractivity contribution in [1.29, 1.82) is 5.26 Å². The molecule has 0 spiro atoms. The Morgan fingerprint density at radius 3 is 2.74 bits per heavy atom. The average molecular weight is 321 g/mol. The van der Waals surface area contributed by atoms with Gasteiger partial charge in [0.05, 0.1) is 6.07 Å². The van der Waals surface area contributed by atoms with Gasteiger partial charge in [-0.2, -0.15) is 5.26 Å². The summed E-state index contributed by atoms with van der Waals surface area (Å²) in [7, 11) is 0. The number of rotatable bonds is 4. The van der Waals surface area contributed by atoms with Gasteiger partial charge >= 0.3 is 0 Å². The van der Waals surface area contributed by atoms with E-state index < -0.39 is 5.41 Å². The highest BCUT2D eigenvalue weighted by Crippen LogP contribution is 2.40. The summed E-state index contributed by atoms with van der Waals surface area (Å²) in [4.78, 5) is 12.1. The fourth-order valence-corrected chi connectivity index (χ4v) is 2.77. The molecule has 0 unspecified atom stereocenters. The quantitative estimate of drug-likeness (QED) is 0.926. The van der Waals surface area contributed by atoms with Crippen LogP contribution in [0.2, 0.25) is 0 Å². The molecule has 0 bridgehead atoms. The molecule has 3 nitrogen and oxygen atoms in total. The molecule has 1 N–H and O–H groups in total. The van der Waals surface area contributed by atoms with Gasteiger partial charge in [0, 0.05) is 10.5 Å². The van der Waals surface area contributed by atoms with Crippen LogP contribution in [0.25, 0.3) is 0 Å². The summed E-state index contributed by atoms with van der Waals surface area (Å²) in [5, 5.41) is 12.1. The Hall–Kier alpha value is -1.34. The lowest BCUT2D eigenvalue weighted by Gasteiger charge is -2.34. The molecule has 1 fully saturated rings. The lowest BCUT2D eigenvalue weighted by Crippen LogP contribution is -2.48. The minimum absolute atomic E-state index is 0.0250. The third kappa shape index (κ3) is 2.98. The first-order valence-electron chi connectivity index (χ1n) is 6.53. The Kier molecular flexibility index (Phi) is 4.26. The molecule has 1 aromatic carbocycles. The lowest BCUT2D eigenvalue weighted by molar-refractivity contribution is -0.132. The van der Waals surface area contributed by atoms with E-state index in [0.29, 0.717) is 12.8 Å². The summed E-state index contributed by atoms with van der Waals surface area (Å²) in [5.41, 5.74) is 0.400. The van der Waals surface area contributed by atoms with Crippen LogP contribution in [-0.2, 0) is 11.2 Å². The number of hydrogen-bond donors (Lipinski definition) is 1. The molecule has 0 aromatic heterocycles. The molecule has 4 heteroatoms. The standard InChI is InChI=1S/C15H17BrN2O/c1-11(9-12-5-2-3-6-13(12)16)18-14(19)15(10-17)7-4-8-15/h2-3,5-6,11H,4,7-9H2,1H3,(H,18,19)/t11-/m0/s1. The number of benzene rings is 1. The van der Waals surface area contributed by atoms with Crippen molar-refractivity contribution in [2.75, 3.05) is 0 Å². The highest BCUT2D eigenvalue weighted by atomic mass is 79.9. The van der Waals surface area contributed by atoms with Gasteiger partial charge in [-0.3, -0.25) is 4.79 Å². The number of carbonyl (C=O) groups is 1. The molecule has 1 aromatic rings. The number of nitriles is 1. The van der Waals surface area contributed by atoms with Crippen molar-refractivity contribution >= 4 is 21.8 Å². The first kappa shape index (κ1) is 14.1. The number of nitrogens with one attached hydrogen (secondary N) is 1. The Bertz CT molecular complexity index is 517. The highest BCUT2D eigenvalue weighted by molar-refractivity contribution is 9.10. The van der Waals surface area contributed by atoms with E-state index >= 15 is 0 Å². The SMILES string of the molecule is C[C@@H](Cc1ccccc1Br)NC(=O)C1(C#N)CCC1. The second-order valence-electron chi connectivity index (χ2n) is 5.22. The number of nitrogens with zero attached hydrogens (tertiary/aromatic N) is 1. The molecule has 1 saturated carbocycles. The zero-order chi connectivity index (χ0) is 13.9. The van der Waals surface area contributed by atoms with Crippen molar-refractivity contribution in [3.63, 3.8) is 0 Å². The van der Waals surface area contributed by atoms with Gasteiger partial charge in [0.2, 0.25) is 5.91 Å². The Morgan fingerprint density at radius 2 is 2.21 bits per heavy atom. The first-order chi connectivity index (χ1) is 9.07. The zero-order valence-corrected chi connectivity index (χ0v) is 12.5. The Labute approximate surface area is 122 Å². The number of hydrogen-bond acceptors (Lipinski definition) is 2. The van der Waals surface area contributed by atoms with Gasteiger partial charge in [-0.05, 0) is 44.2 Å². The van der Waals surface area contributed by atoms with Gasteiger partial charge in [0.15, 0.2) is 0 Å². The van der Waals surface area contributed by atoms with Crippen LogP contribution in [-0.4, -0.2) is 11.9 Å². The molecular formula is C15H17BrN2O. The van der Waals surface area contributed by atoms with Gasteiger partial charge in [-0.25, -0.2) is 0 Å².